The van der Waals surface area contributed by atoms with Gasteiger partial charge in [0.1, 0.15) is 6.04 Å². The first kappa shape index (κ1) is 13.3. The van der Waals surface area contributed by atoms with Crippen molar-refractivity contribution in [2.75, 3.05) is 19.6 Å². The van der Waals surface area contributed by atoms with Crippen LogP contribution in [0.4, 0.5) is 0 Å². The largest absolute Gasteiger partial charge is 0.480 e. The first-order valence-corrected chi connectivity index (χ1v) is 6.38. The van der Waals surface area contributed by atoms with Gasteiger partial charge in [-0.05, 0) is 24.1 Å². The number of carboxylic acids is 1. The molecule has 1 aromatic carbocycles. The van der Waals surface area contributed by atoms with Crippen LogP contribution in [0.1, 0.15) is 11.1 Å². The van der Waals surface area contributed by atoms with Gasteiger partial charge in [0.05, 0.1) is 0 Å². The monoisotopic (exact) mass is 268 g/mol. The van der Waals surface area contributed by atoms with Gasteiger partial charge in [-0.1, -0.05) is 23.7 Å². The fourth-order valence-electron chi connectivity index (χ4n) is 2.18. The van der Waals surface area contributed by atoms with E-state index in [1.165, 1.54) is 0 Å². The highest BCUT2D eigenvalue weighted by atomic mass is 35.5. The quantitative estimate of drug-likeness (QED) is 0.873. The van der Waals surface area contributed by atoms with Crippen molar-refractivity contribution in [3.8, 4) is 0 Å². The van der Waals surface area contributed by atoms with Crippen LogP contribution >= 0.6 is 11.6 Å². The number of hydrogen-bond donors (Lipinski definition) is 2. The second kappa shape index (κ2) is 5.69. The van der Waals surface area contributed by atoms with E-state index in [2.05, 4.69) is 5.32 Å². The van der Waals surface area contributed by atoms with E-state index < -0.39 is 12.0 Å². The summed E-state index contributed by atoms with van der Waals surface area (Å²) in [5.74, 6) is -0.787. The molecule has 1 aromatic rings. The Hall–Kier alpha value is -1.10. The summed E-state index contributed by atoms with van der Waals surface area (Å²) in [5.41, 5.74) is 2.09. The van der Waals surface area contributed by atoms with Crippen LogP contribution < -0.4 is 5.32 Å². The lowest BCUT2D eigenvalue weighted by Crippen LogP contribution is -2.54. The number of nitrogens with zero attached hydrogens (tertiary/aromatic N) is 1. The Balaban J connectivity index is 2.13. The van der Waals surface area contributed by atoms with Gasteiger partial charge in [0.2, 0.25) is 0 Å². The highest BCUT2D eigenvalue weighted by Crippen LogP contribution is 2.20. The summed E-state index contributed by atoms with van der Waals surface area (Å²) in [4.78, 5) is 13.1. The van der Waals surface area contributed by atoms with Crippen molar-refractivity contribution >= 4 is 17.6 Å². The number of rotatable bonds is 3. The molecular weight excluding hydrogens is 252 g/mol. The molecule has 0 aromatic heterocycles. The number of aliphatic carboxylic acids is 1. The lowest BCUT2D eigenvalue weighted by Gasteiger charge is -2.33. The molecule has 0 aliphatic carbocycles. The number of carbonyl (C=O) groups is 1. The molecule has 0 radical (unpaired) electrons. The minimum absolute atomic E-state index is 0.476. The number of hydrogen-bond acceptors (Lipinski definition) is 3. The van der Waals surface area contributed by atoms with Gasteiger partial charge in [-0.25, -0.2) is 0 Å². The first-order valence-electron chi connectivity index (χ1n) is 6.00. The third-order valence-electron chi connectivity index (χ3n) is 3.22. The van der Waals surface area contributed by atoms with Gasteiger partial charge in [0.15, 0.2) is 0 Å². The number of piperazine rings is 1. The van der Waals surface area contributed by atoms with Gasteiger partial charge < -0.3 is 10.4 Å². The van der Waals surface area contributed by atoms with Crippen LogP contribution in [0.15, 0.2) is 18.2 Å². The molecule has 1 atom stereocenters. The molecule has 1 fully saturated rings. The molecule has 1 heterocycles. The second-order valence-corrected chi connectivity index (χ2v) is 5.03. The SMILES string of the molecule is Cc1ccc(CN2CCNCC2C(=O)O)c(Cl)c1. The van der Waals surface area contributed by atoms with E-state index in [1.54, 1.807) is 0 Å². The molecule has 4 nitrogen and oxygen atoms in total. The highest BCUT2D eigenvalue weighted by Gasteiger charge is 2.28. The predicted octanol–water partition coefficient (Wildman–Crippen LogP) is 1.51. The van der Waals surface area contributed by atoms with E-state index in [-0.39, 0.29) is 0 Å². The Labute approximate surface area is 112 Å². The van der Waals surface area contributed by atoms with Crippen LogP contribution in [0.5, 0.6) is 0 Å². The van der Waals surface area contributed by atoms with Gasteiger partial charge >= 0.3 is 5.97 Å². The molecule has 1 saturated heterocycles. The summed E-state index contributed by atoms with van der Waals surface area (Å²) < 4.78 is 0. The average molecular weight is 269 g/mol. The van der Waals surface area contributed by atoms with Crippen molar-refractivity contribution < 1.29 is 9.90 Å². The van der Waals surface area contributed by atoms with Crippen molar-refractivity contribution in [3.05, 3.63) is 34.3 Å². The topological polar surface area (TPSA) is 52.6 Å². The highest BCUT2D eigenvalue weighted by molar-refractivity contribution is 6.31. The van der Waals surface area contributed by atoms with E-state index in [1.807, 2.05) is 30.0 Å². The molecule has 18 heavy (non-hydrogen) atoms. The maximum atomic E-state index is 11.2. The van der Waals surface area contributed by atoms with Crippen molar-refractivity contribution in [3.63, 3.8) is 0 Å². The Kier molecular flexibility index (Phi) is 4.22. The van der Waals surface area contributed by atoms with Crippen LogP contribution in [0.3, 0.4) is 0 Å². The van der Waals surface area contributed by atoms with Crippen LogP contribution in [0, 0.1) is 6.92 Å². The van der Waals surface area contributed by atoms with E-state index in [9.17, 15) is 9.90 Å². The van der Waals surface area contributed by atoms with Crippen LogP contribution in [-0.2, 0) is 11.3 Å². The Morgan fingerprint density at radius 1 is 1.61 bits per heavy atom. The molecule has 0 amide bonds. The fourth-order valence-corrected chi connectivity index (χ4v) is 2.47. The van der Waals surface area contributed by atoms with Gasteiger partial charge in [-0.3, -0.25) is 9.69 Å². The number of halogens is 1. The molecule has 2 N–H and O–H groups in total. The molecule has 1 aliphatic rings. The molecule has 2 rings (SSSR count). The summed E-state index contributed by atoms with van der Waals surface area (Å²) in [6, 6.07) is 5.41. The molecule has 0 bridgehead atoms. The van der Waals surface area contributed by atoms with Gasteiger partial charge in [0.25, 0.3) is 0 Å². The summed E-state index contributed by atoms with van der Waals surface area (Å²) in [7, 11) is 0. The Morgan fingerprint density at radius 2 is 2.39 bits per heavy atom. The summed E-state index contributed by atoms with van der Waals surface area (Å²) in [6.07, 6.45) is 0. The van der Waals surface area contributed by atoms with Crippen LogP contribution in [-0.4, -0.2) is 41.7 Å². The first-order chi connectivity index (χ1) is 8.58. The molecular formula is C13H17ClN2O2. The standard InChI is InChI=1S/C13H17ClN2O2/c1-9-2-3-10(11(14)6-9)8-16-5-4-15-7-12(16)13(17)18/h2-3,6,12,15H,4-5,7-8H2,1H3,(H,17,18). The molecule has 5 heteroatoms. The Bertz CT molecular complexity index is 451. The number of nitrogens with one attached hydrogen (secondary N) is 1. The minimum Gasteiger partial charge on any atom is -0.480 e. The van der Waals surface area contributed by atoms with E-state index in [4.69, 9.17) is 11.6 Å². The summed E-state index contributed by atoms with van der Waals surface area (Å²) >= 11 is 6.19. The normalized spacial score (nSPS) is 20.9. The molecule has 0 spiro atoms. The molecule has 1 aliphatic heterocycles. The number of carboxylic acid groups (broad SMARTS) is 1. The lowest BCUT2D eigenvalue weighted by atomic mass is 10.1. The summed E-state index contributed by atoms with van der Waals surface area (Å²) in [5, 5.41) is 13.0. The third-order valence-corrected chi connectivity index (χ3v) is 3.57. The molecule has 98 valence electrons. The zero-order valence-electron chi connectivity index (χ0n) is 10.3. The number of aryl methyl sites for hydroxylation is 1. The average Bonchev–Trinajstić information content (AvgIpc) is 2.33. The van der Waals surface area contributed by atoms with Crippen molar-refractivity contribution in [1.29, 1.82) is 0 Å². The van der Waals surface area contributed by atoms with Crippen LogP contribution in [0.2, 0.25) is 5.02 Å². The minimum atomic E-state index is -0.787. The van der Waals surface area contributed by atoms with Crippen molar-refractivity contribution in [2.24, 2.45) is 0 Å². The maximum Gasteiger partial charge on any atom is 0.322 e. The fraction of sp³-hybridized carbons (Fsp3) is 0.462. The molecule has 0 saturated carbocycles. The van der Waals surface area contributed by atoms with Gasteiger partial charge in [0, 0.05) is 31.2 Å². The van der Waals surface area contributed by atoms with E-state index in [0.717, 1.165) is 24.2 Å². The maximum absolute atomic E-state index is 11.2. The van der Waals surface area contributed by atoms with Crippen LogP contribution in [0.25, 0.3) is 0 Å². The van der Waals surface area contributed by atoms with Gasteiger partial charge in [-0.15, -0.1) is 0 Å². The molecule has 1 unspecified atom stereocenters. The van der Waals surface area contributed by atoms with Crippen molar-refractivity contribution in [2.45, 2.75) is 19.5 Å². The van der Waals surface area contributed by atoms with E-state index in [0.29, 0.717) is 18.1 Å². The second-order valence-electron chi connectivity index (χ2n) is 4.62. The van der Waals surface area contributed by atoms with Crippen molar-refractivity contribution in [1.82, 2.24) is 10.2 Å². The van der Waals surface area contributed by atoms with E-state index >= 15 is 0 Å². The third kappa shape index (κ3) is 3.02. The lowest BCUT2D eigenvalue weighted by molar-refractivity contribution is -0.144. The predicted molar refractivity (Wildman–Crippen MR) is 70.9 cm³/mol. The zero-order valence-corrected chi connectivity index (χ0v) is 11.1. The Morgan fingerprint density at radius 3 is 3.06 bits per heavy atom. The summed E-state index contributed by atoms with van der Waals surface area (Å²) in [6.45, 7) is 4.59. The smallest absolute Gasteiger partial charge is 0.322 e. The zero-order chi connectivity index (χ0) is 13.1. The van der Waals surface area contributed by atoms with Gasteiger partial charge in [-0.2, -0.15) is 0 Å². The number of benzene rings is 1.